The van der Waals surface area contributed by atoms with E-state index in [1.54, 1.807) is 0 Å². The van der Waals surface area contributed by atoms with Crippen LogP contribution in [0.15, 0.2) is 24.3 Å². The number of piperidine rings is 1. The zero-order valence-electron chi connectivity index (χ0n) is 12.2. The minimum absolute atomic E-state index is 0.598. The fourth-order valence-electron chi connectivity index (χ4n) is 3.49. The molecule has 0 aromatic heterocycles. The fraction of sp³-hybridized carbons (Fsp3) is 0.647. The van der Waals surface area contributed by atoms with E-state index in [9.17, 15) is 0 Å². The Bertz CT molecular complexity index is 425. The summed E-state index contributed by atoms with van der Waals surface area (Å²) in [7, 11) is 2.29. The van der Waals surface area contributed by atoms with Gasteiger partial charge in [-0.1, -0.05) is 24.3 Å². The van der Waals surface area contributed by atoms with Crippen LogP contribution in [-0.4, -0.2) is 31.1 Å². The van der Waals surface area contributed by atoms with E-state index >= 15 is 0 Å². The summed E-state index contributed by atoms with van der Waals surface area (Å²) in [5.41, 5.74) is 2.98. The average molecular weight is 258 g/mol. The topological polar surface area (TPSA) is 15.3 Å². The molecule has 1 aromatic rings. The highest BCUT2D eigenvalue weighted by Gasteiger charge is 2.32. The van der Waals surface area contributed by atoms with Gasteiger partial charge in [0, 0.05) is 18.6 Å². The smallest absolute Gasteiger partial charge is 0.0387 e. The number of hydrogen-bond donors (Lipinski definition) is 1. The molecule has 2 nitrogen and oxygen atoms in total. The summed E-state index contributed by atoms with van der Waals surface area (Å²) in [5.74, 6) is 0.764. The molecule has 1 aliphatic heterocycles. The Morgan fingerprint density at radius 2 is 2.00 bits per heavy atom. The van der Waals surface area contributed by atoms with Crippen molar-refractivity contribution in [1.29, 1.82) is 0 Å². The average Bonchev–Trinajstić information content (AvgIpc) is 3.22. The van der Waals surface area contributed by atoms with Gasteiger partial charge in [-0.05, 0) is 63.2 Å². The summed E-state index contributed by atoms with van der Waals surface area (Å²) in [6.45, 7) is 4.68. The lowest BCUT2D eigenvalue weighted by Gasteiger charge is -2.40. The Kier molecular flexibility index (Phi) is 3.90. The van der Waals surface area contributed by atoms with Gasteiger partial charge in [-0.2, -0.15) is 0 Å². The summed E-state index contributed by atoms with van der Waals surface area (Å²) in [6, 6.07) is 10.3. The lowest BCUT2D eigenvalue weighted by atomic mass is 9.83. The Labute approximate surface area is 117 Å². The third-order valence-corrected chi connectivity index (χ3v) is 4.76. The highest BCUT2D eigenvalue weighted by molar-refractivity contribution is 5.29. The Hall–Kier alpha value is -0.860. The van der Waals surface area contributed by atoms with E-state index in [-0.39, 0.29) is 0 Å². The van der Waals surface area contributed by atoms with Gasteiger partial charge in [0.1, 0.15) is 0 Å². The van der Waals surface area contributed by atoms with Crippen LogP contribution in [0, 0.1) is 12.8 Å². The van der Waals surface area contributed by atoms with Crippen LogP contribution in [0.3, 0.4) is 0 Å². The van der Waals surface area contributed by atoms with Crippen LogP contribution in [0.4, 0.5) is 0 Å². The van der Waals surface area contributed by atoms with Gasteiger partial charge in [0.05, 0.1) is 0 Å². The second-order valence-corrected chi connectivity index (χ2v) is 6.37. The quantitative estimate of drug-likeness (QED) is 0.892. The van der Waals surface area contributed by atoms with E-state index < -0.39 is 0 Å². The maximum Gasteiger partial charge on any atom is 0.0387 e. The van der Waals surface area contributed by atoms with Crippen molar-refractivity contribution in [3.63, 3.8) is 0 Å². The van der Waals surface area contributed by atoms with Crippen molar-refractivity contribution in [2.24, 2.45) is 5.92 Å². The van der Waals surface area contributed by atoms with E-state index in [4.69, 9.17) is 0 Å². The Morgan fingerprint density at radius 1 is 1.21 bits per heavy atom. The molecule has 0 amide bonds. The van der Waals surface area contributed by atoms with Crippen molar-refractivity contribution in [2.45, 2.75) is 44.7 Å². The van der Waals surface area contributed by atoms with Crippen molar-refractivity contribution in [1.82, 2.24) is 10.2 Å². The fourth-order valence-corrected chi connectivity index (χ4v) is 3.49. The highest BCUT2D eigenvalue weighted by Crippen LogP contribution is 2.36. The zero-order chi connectivity index (χ0) is 13.2. The number of hydrogen-bond acceptors (Lipinski definition) is 2. The molecule has 1 aromatic carbocycles. The maximum atomic E-state index is 3.74. The minimum atomic E-state index is 0.598. The van der Waals surface area contributed by atoms with Gasteiger partial charge in [0.2, 0.25) is 0 Å². The zero-order valence-corrected chi connectivity index (χ0v) is 12.2. The first kappa shape index (κ1) is 13.1. The van der Waals surface area contributed by atoms with Gasteiger partial charge < -0.3 is 5.32 Å². The lowest BCUT2D eigenvalue weighted by molar-refractivity contribution is 0.119. The van der Waals surface area contributed by atoms with Crippen molar-refractivity contribution < 1.29 is 0 Å². The molecule has 2 fully saturated rings. The van der Waals surface area contributed by atoms with Crippen molar-refractivity contribution in [3.05, 3.63) is 35.4 Å². The van der Waals surface area contributed by atoms with Gasteiger partial charge in [-0.3, -0.25) is 4.90 Å². The molecule has 0 spiro atoms. The second kappa shape index (κ2) is 5.64. The third kappa shape index (κ3) is 3.01. The van der Waals surface area contributed by atoms with Crippen LogP contribution in [0.25, 0.3) is 0 Å². The molecule has 2 heteroatoms. The molecule has 104 valence electrons. The standard InChI is InChI=1S/C17H26N2/c1-13-6-3-4-8-16(13)17-14(7-5-11-19(17)2)12-18-15-9-10-15/h3-4,6,8,14-15,17-18H,5,7,9-12H2,1-2H3. The Balaban J connectivity index is 1.78. The first-order valence-electron chi connectivity index (χ1n) is 7.75. The van der Waals surface area contributed by atoms with Gasteiger partial charge >= 0.3 is 0 Å². The van der Waals surface area contributed by atoms with Crippen LogP contribution in [0.5, 0.6) is 0 Å². The molecular weight excluding hydrogens is 232 g/mol. The first-order chi connectivity index (χ1) is 9.25. The van der Waals surface area contributed by atoms with E-state index in [0.29, 0.717) is 6.04 Å². The predicted octanol–water partition coefficient (Wildman–Crippen LogP) is 3.13. The molecular formula is C17H26N2. The molecule has 0 radical (unpaired) electrons. The number of nitrogens with one attached hydrogen (secondary N) is 1. The number of aryl methyl sites for hydroxylation is 1. The SMILES string of the molecule is Cc1ccccc1C1C(CNC2CC2)CCCN1C. The van der Waals surface area contributed by atoms with E-state index in [1.165, 1.54) is 49.9 Å². The molecule has 1 saturated heterocycles. The van der Waals surface area contributed by atoms with Gasteiger partial charge in [0.25, 0.3) is 0 Å². The summed E-state index contributed by atoms with van der Waals surface area (Å²) in [6.07, 6.45) is 5.48. The van der Waals surface area contributed by atoms with Crippen LogP contribution >= 0.6 is 0 Å². The Morgan fingerprint density at radius 3 is 2.74 bits per heavy atom. The van der Waals surface area contributed by atoms with Crippen molar-refractivity contribution >= 4 is 0 Å². The molecule has 19 heavy (non-hydrogen) atoms. The number of rotatable bonds is 4. The molecule has 1 aliphatic carbocycles. The largest absolute Gasteiger partial charge is 0.314 e. The summed E-state index contributed by atoms with van der Waals surface area (Å²) >= 11 is 0. The van der Waals surface area contributed by atoms with Crippen LogP contribution in [0.1, 0.15) is 42.9 Å². The normalized spacial score (nSPS) is 28.5. The molecule has 1 saturated carbocycles. The van der Waals surface area contributed by atoms with Crippen LogP contribution in [0.2, 0.25) is 0 Å². The molecule has 3 rings (SSSR count). The monoisotopic (exact) mass is 258 g/mol. The van der Waals surface area contributed by atoms with Crippen molar-refractivity contribution in [3.8, 4) is 0 Å². The summed E-state index contributed by atoms with van der Waals surface area (Å²) in [5, 5.41) is 3.74. The van der Waals surface area contributed by atoms with Crippen LogP contribution in [-0.2, 0) is 0 Å². The number of benzene rings is 1. The lowest BCUT2D eigenvalue weighted by Crippen LogP contribution is -2.41. The first-order valence-corrected chi connectivity index (χ1v) is 7.75. The molecule has 0 bridgehead atoms. The summed E-state index contributed by atoms with van der Waals surface area (Å²) < 4.78 is 0. The molecule has 2 aliphatic rings. The van der Waals surface area contributed by atoms with Crippen LogP contribution < -0.4 is 5.32 Å². The maximum absolute atomic E-state index is 3.74. The van der Waals surface area contributed by atoms with Gasteiger partial charge in [0.15, 0.2) is 0 Å². The highest BCUT2D eigenvalue weighted by atomic mass is 15.1. The summed E-state index contributed by atoms with van der Waals surface area (Å²) in [4.78, 5) is 2.56. The number of nitrogens with zero attached hydrogens (tertiary/aromatic N) is 1. The third-order valence-electron chi connectivity index (χ3n) is 4.76. The van der Waals surface area contributed by atoms with E-state index in [2.05, 4.69) is 48.5 Å². The molecule has 1 N–H and O–H groups in total. The minimum Gasteiger partial charge on any atom is -0.314 e. The van der Waals surface area contributed by atoms with Crippen molar-refractivity contribution in [2.75, 3.05) is 20.1 Å². The van der Waals surface area contributed by atoms with E-state index in [1.807, 2.05) is 0 Å². The predicted molar refractivity (Wildman–Crippen MR) is 80.3 cm³/mol. The molecule has 2 unspecified atom stereocenters. The van der Waals surface area contributed by atoms with E-state index in [0.717, 1.165) is 12.0 Å². The molecule has 2 atom stereocenters. The van der Waals surface area contributed by atoms with Gasteiger partial charge in [-0.25, -0.2) is 0 Å². The van der Waals surface area contributed by atoms with Gasteiger partial charge in [-0.15, -0.1) is 0 Å². The second-order valence-electron chi connectivity index (χ2n) is 6.37. The molecule has 1 heterocycles. The number of likely N-dealkylation sites (tertiary alicyclic amines) is 1.